The van der Waals surface area contributed by atoms with Crippen LogP contribution in [0.2, 0.25) is 0 Å². The highest BCUT2D eigenvalue weighted by Gasteiger charge is 2.29. The van der Waals surface area contributed by atoms with E-state index in [2.05, 4.69) is 0 Å². The molecule has 1 aromatic heterocycles. The lowest BCUT2D eigenvalue weighted by molar-refractivity contribution is -0.384. The maximum atomic E-state index is 13.6. The number of aromatic nitrogens is 1. The Morgan fingerprint density at radius 3 is 2.28 bits per heavy atom. The molecule has 0 N–H and O–H groups in total. The summed E-state index contributed by atoms with van der Waals surface area (Å²) in [6.45, 7) is 5.21. The number of hydrogen-bond acceptors (Lipinski definition) is 8. The zero-order valence-corrected chi connectivity index (χ0v) is 22.3. The zero-order valence-electron chi connectivity index (χ0n) is 21.5. The number of aryl methyl sites for hydroxylation is 1. The fourth-order valence-electron chi connectivity index (χ4n) is 5.01. The van der Waals surface area contributed by atoms with Crippen LogP contribution in [0.25, 0.3) is 10.9 Å². The number of fused-ring (bicyclic) bond motifs is 1. The molecule has 2 aromatic carbocycles. The molecule has 12 nitrogen and oxygen atoms in total. The Labute approximate surface area is 225 Å². The molecule has 13 heteroatoms. The Hall–Kier alpha value is -3.81. The van der Waals surface area contributed by atoms with Gasteiger partial charge in [-0.05, 0) is 37.3 Å². The summed E-state index contributed by atoms with van der Waals surface area (Å²) < 4.78 is 34.8. The van der Waals surface area contributed by atoms with Gasteiger partial charge in [0.25, 0.3) is 11.6 Å². The molecule has 5 rings (SSSR count). The van der Waals surface area contributed by atoms with Gasteiger partial charge in [0.1, 0.15) is 5.56 Å². The van der Waals surface area contributed by atoms with E-state index in [1.807, 2.05) is 11.8 Å². The first kappa shape index (κ1) is 26.8. The number of amides is 1. The normalized spacial score (nSPS) is 16.9. The van der Waals surface area contributed by atoms with Gasteiger partial charge in [-0.15, -0.1) is 0 Å². The number of carbonyl (C=O) groups excluding carboxylic acids is 1. The average molecular weight is 556 g/mol. The fourth-order valence-corrected chi connectivity index (χ4v) is 6.44. The summed E-state index contributed by atoms with van der Waals surface area (Å²) in [5.74, 6) is -0.408. The number of anilines is 1. The molecule has 0 saturated carbocycles. The highest BCUT2D eigenvalue weighted by atomic mass is 32.2. The SMILES string of the molecule is CCn1cc(C(=O)N2CCN(c3ccc([N+](=O)[O-])cc3)CC2)c(=O)c2cc(S(=O)(=O)N3CCOCC3)ccc21. The van der Waals surface area contributed by atoms with E-state index in [0.717, 1.165) is 5.69 Å². The molecule has 3 aromatic rings. The van der Waals surface area contributed by atoms with Gasteiger partial charge in [0.15, 0.2) is 0 Å². The number of non-ortho nitro benzene ring substituents is 1. The number of nitro groups is 1. The first-order chi connectivity index (χ1) is 18.7. The minimum absolute atomic E-state index is 0.00550. The van der Waals surface area contributed by atoms with E-state index in [1.54, 1.807) is 33.9 Å². The molecule has 2 saturated heterocycles. The van der Waals surface area contributed by atoms with Gasteiger partial charge in [-0.25, -0.2) is 8.42 Å². The standard InChI is InChI=1S/C26H29N5O7S/c1-2-27-18-23(26(33)29-11-9-28(10-12-29)19-3-5-20(6-4-19)31(34)35)25(32)22-17-21(7-8-24(22)27)39(36,37)30-13-15-38-16-14-30/h3-8,17-18H,2,9-16H2,1H3. The summed E-state index contributed by atoms with van der Waals surface area (Å²) in [4.78, 5) is 41.2. The summed E-state index contributed by atoms with van der Waals surface area (Å²) in [7, 11) is -3.82. The Kier molecular flexibility index (Phi) is 7.38. The van der Waals surface area contributed by atoms with Gasteiger partial charge in [-0.3, -0.25) is 19.7 Å². The lowest BCUT2D eigenvalue weighted by Gasteiger charge is -2.36. The molecule has 3 heterocycles. The summed E-state index contributed by atoms with van der Waals surface area (Å²) in [6.07, 6.45) is 1.55. The van der Waals surface area contributed by atoms with Crippen molar-refractivity contribution in [2.24, 2.45) is 0 Å². The highest BCUT2D eigenvalue weighted by molar-refractivity contribution is 7.89. The predicted molar refractivity (Wildman–Crippen MR) is 145 cm³/mol. The highest BCUT2D eigenvalue weighted by Crippen LogP contribution is 2.24. The van der Waals surface area contributed by atoms with Gasteiger partial charge < -0.3 is 19.1 Å². The molecule has 2 fully saturated rings. The molecule has 0 spiro atoms. The maximum absolute atomic E-state index is 13.6. The molecule has 0 atom stereocenters. The molecule has 206 valence electrons. The largest absolute Gasteiger partial charge is 0.379 e. The number of sulfonamides is 1. The van der Waals surface area contributed by atoms with E-state index in [-0.39, 0.29) is 34.6 Å². The van der Waals surface area contributed by atoms with E-state index in [1.165, 1.54) is 28.6 Å². The average Bonchev–Trinajstić information content (AvgIpc) is 2.97. The molecule has 2 aliphatic rings. The number of carbonyl (C=O) groups is 1. The van der Waals surface area contributed by atoms with Crippen LogP contribution < -0.4 is 10.3 Å². The van der Waals surface area contributed by atoms with Crippen molar-refractivity contribution in [1.82, 2.24) is 13.8 Å². The number of nitrogens with zero attached hydrogens (tertiary/aromatic N) is 5. The van der Waals surface area contributed by atoms with Gasteiger partial charge in [-0.1, -0.05) is 0 Å². The van der Waals surface area contributed by atoms with Gasteiger partial charge in [0.05, 0.1) is 28.5 Å². The second-order valence-electron chi connectivity index (χ2n) is 9.41. The van der Waals surface area contributed by atoms with Crippen molar-refractivity contribution in [2.75, 3.05) is 57.4 Å². The molecule has 2 aliphatic heterocycles. The third-order valence-corrected chi connectivity index (χ3v) is 9.12. The van der Waals surface area contributed by atoms with Crippen molar-refractivity contribution in [2.45, 2.75) is 18.4 Å². The van der Waals surface area contributed by atoms with Crippen LogP contribution in [0.1, 0.15) is 17.3 Å². The number of rotatable bonds is 6. The predicted octanol–water partition coefficient (Wildman–Crippen LogP) is 1.91. The first-order valence-corrected chi connectivity index (χ1v) is 14.2. The minimum atomic E-state index is -3.82. The van der Waals surface area contributed by atoms with E-state index in [4.69, 9.17) is 4.74 Å². The number of piperazine rings is 1. The maximum Gasteiger partial charge on any atom is 0.269 e. The number of benzene rings is 2. The smallest absolute Gasteiger partial charge is 0.269 e. The molecule has 0 unspecified atom stereocenters. The number of nitro benzene ring substituents is 1. The third-order valence-electron chi connectivity index (χ3n) is 7.22. The van der Waals surface area contributed by atoms with Crippen LogP contribution in [0.15, 0.2) is 58.4 Å². The van der Waals surface area contributed by atoms with E-state index < -0.39 is 26.3 Å². The Balaban J connectivity index is 1.41. The van der Waals surface area contributed by atoms with Crippen molar-refractivity contribution >= 4 is 38.2 Å². The van der Waals surface area contributed by atoms with Crippen molar-refractivity contribution in [3.63, 3.8) is 0 Å². The molecule has 0 radical (unpaired) electrons. The van der Waals surface area contributed by atoms with E-state index in [0.29, 0.717) is 51.5 Å². The van der Waals surface area contributed by atoms with Gasteiger partial charge in [-0.2, -0.15) is 4.31 Å². The van der Waals surface area contributed by atoms with Gasteiger partial charge in [0.2, 0.25) is 15.5 Å². The van der Waals surface area contributed by atoms with E-state index in [9.17, 15) is 28.1 Å². The van der Waals surface area contributed by atoms with Crippen molar-refractivity contribution in [1.29, 1.82) is 0 Å². The van der Waals surface area contributed by atoms with Crippen molar-refractivity contribution in [3.8, 4) is 0 Å². The monoisotopic (exact) mass is 555 g/mol. The number of morpholine rings is 1. The topological polar surface area (TPSA) is 135 Å². The van der Waals surface area contributed by atoms with Gasteiger partial charge >= 0.3 is 0 Å². The number of pyridine rings is 1. The van der Waals surface area contributed by atoms with Crippen LogP contribution in [0.5, 0.6) is 0 Å². The summed E-state index contributed by atoms with van der Waals surface area (Å²) >= 11 is 0. The second-order valence-corrected chi connectivity index (χ2v) is 11.3. The molecule has 0 aliphatic carbocycles. The lowest BCUT2D eigenvalue weighted by atomic mass is 10.1. The quantitative estimate of drug-likeness (QED) is 0.333. The molecular weight excluding hydrogens is 526 g/mol. The zero-order chi connectivity index (χ0) is 27.7. The lowest BCUT2D eigenvalue weighted by Crippen LogP contribution is -2.49. The van der Waals surface area contributed by atoms with Crippen LogP contribution in [0, 0.1) is 10.1 Å². The van der Waals surface area contributed by atoms with Crippen LogP contribution in [0.4, 0.5) is 11.4 Å². The number of hydrogen-bond donors (Lipinski definition) is 0. The fraction of sp³-hybridized carbons (Fsp3) is 0.385. The molecule has 0 bridgehead atoms. The Morgan fingerprint density at radius 2 is 1.67 bits per heavy atom. The summed E-state index contributed by atoms with van der Waals surface area (Å²) in [5.41, 5.74) is 0.881. The van der Waals surface area contributed by atoms with Crippen LogP contribution >= 0.6 is 0 Å². The Bertz CT molecular complexity index is 1570. The molecular formula is C26H29N5O7S. The van der Waals surface area contributed by atoms with Gasteiger partial charge in [0, 0.05) is 75.2 Å². The van der Waals surface area contributed by atoms with Crippen molar-refractivity contribution < 1.29 is 22.9 Å². The Morgan fingerprint density at radius 1 is 1.00 bits per heavy atom. The molecule has 39 heavy (non-hydrogen) atoms. The third kappa shape index (κ3) is 5.12. The van der Waals surface area contributed by atoms with Crippen molar-refractivity contribution in [3.05, 3.63) is 74.6 Å². The number of ether oxygens (including phenoxy) is 1. The second kappa shape index (κ2) is 10.8. The van der Waals surface area contributed by atoms with Crippen LogP contribution in [-0.2, 0) is 21.3 Å². The van der Waals surface area contributed by atoms with Crippen LogP contribution in [-0.4, -0.2) is 85.5 Å². The summed E-state index contributed by atoms with van der Waals surface area (Å²) in [5, 5.41) is 11.1. The van der Waals surface area contributed by atoms with E-state index >= 15 is 0 Å². The molecule has 1 amide bonds. The summed E-state index contributed by atoms with van der Waals surface area (Å²) in [6, 6.07) is 10.7. The first-order valence-electron chi connectivity index (χ1n) is 12.7. The minimum Gasteiger partial charge on any atom is -0.379 e. The van der Waals surface area contributed by atoms with Crippen LogP contribution in [0.3, 0.4) is 0 Å².